The number of aryl methyl sites for hydroxylation is 1. The molecule has 0 aliphatic carbocycles. The first kappa shape index (κ1) is 17.3. The van der Waals surface area contributed by atoms with Gasteiger partial charge in [-0.2, -0.15) is 0 Å². The van der Waals surface area contributed by atoms with Crippen LogP contribution in [-0.4, -0.2) is 15.5 Å². The van der Waals surface area contributed by atoms with Gasteiger partial charge in [-0.1, -0.05) is 23.7 Å². The van der Waals surface area contributed by atoms with Crippen LogP contribution in [0.1, 0.15) is 10.4 Å². The molecular weight excluding hydrogens is 457 g/mol. The van der Waals surface area contributed by atoms with Crippen LogP contribution in [0.15, 0.2) is 64.9 Å². The molecule has 2 aromatic carbocycles. The van der Waals surface area contributed by atoms with E-state index in [4.69, 9.17) is 11.6 Å². The van der Waals surface area contributed by atoms with Crippen LogP contribution in [0.5, 0.6) is 0 Å². The Bertz CT molecular complexity index is 897. The third kappa shape index (κ3) is 3.93. The molecule has 0 aliphatic heterocycles. The van der Waals surface area contributed by atoms with Crippen LogP contribution in [0, 0.1) is 3.57 Å². The SMILES string of the molecule is Cn1ccnc1Sc1ccc(Cl)cc1NC(=O)c1ccccc1I. The van der Waals surface area contributed by atoms with E-state index in [-0.39, 0.29) is 5.91 Å². The zero-order valence-corrected chi connectivity index (χ0v) is 16.4. The van der Waals surface area contributed by atoms with Crippen molar-refractivity contribution in [2.45, 2.75) is 10.1 Å². The van der Waals surface area contributed by atoms with Gasteiger partial charge in [-0.25, -0.2) is 4.98 Å². The molecule has 4 nitrogen and oxygen atoms in total. The van der Waals surface area contributed by atoms with Crippen LogP contribution in [0.2, 0.25) is 5.02 Å². The summed E-state index contributed by atoms with van der Waals surface area (Å²) in [7, 11) is 1.93. The predicted octanol–water partition coefficient (Wildman–Crippen LogP) is 5.08. The highest BCUT2D eigenvalue weighted by molar-refractivity contribution is 14.1. The minimum Gasteiger partial charge on any atom is -0.329 e. The Morgan fingerprint density at radius 3 is 2.79 bits per heavy atom. The largest absolute Gasteiger partial charge is 0.329 e. The minimum absolute atomic E-state index is 0.163. The molecule has 24 heavy (non-hydrogen) atoms. The number of benzene rings is 2. The lowest BCUT2D eigenvalue weighted by atomic mass is 10.2. The van der Waals surface area contributed by atoms with E-state index < -0.39 is 0 Å². The van der Waals surface area contributed by atoms with E-state index in [1.54, 1.807) is 24.4 Å². The molecule has 1 heterocycles. The average Bonchev–Trinajstić information content (AvgIpc) is 2.95. The van der Waals surface area contributed by atoms with Crippen LogP contribution >= 0.6 is 46.0 Å². The van der Waals surface area contributed by atoms with E-state index >= 15 is 0 Å². The molecule has 0 atom stereocenters. The van der Waals surface area contributed by atoms with Gasteiger partial charge in [-0.3, -0.25) is 4.79 Å². The number of carbonyl (C=O) groups excluding carboxylic acids is 1. The molecule has 0 unspecified atom stereocenters. The maximum atomic E-state index is 12.6. The van der Waals surface area contributed by atoms with Crippen molar-refractivity contribution in [2.75, 3.05) is 5.32 Å². The van der Waals surface area contributed by atoms with Crippen LogP contribution < -0.4 is 5.32 Å². The van der Waals surface area contributed by atoms with Crippen LogP contribution in [0.4, 0.5) is 5.69 Å². The number of aromatic nitrogens is 2. The molecule has 0 radical (unpaired) electrons. The lowest BCUT2D eigenvalue weighted by Gasteiger charge is -2.12. The molecule has 0 saturated heterocycles. The van der Waals surface area contributed by atoms with Gasteiger partial charge >= 0.3 is 0 Å². The highest BCUT2D eigenvalue weighted by Gasteiger charge is 2.14. The van der Waals surface area contributed by atoms with E-state index in [9.17, 15) is 4.79 Å². The Morgan fingerprint density at radius 2 is 2.08 bits per heavy atom. The van der Waals surface area contributed by atoms with Crippen LogP contribution in [0.3, 0.4) is 0 Å². The monoisotopic (exact) mass is 469 g/mol. The van der Waals surface area contributed by atoms with Crippen molar-refractivity contribution in [1.29, 1.82) is 0 Å². The fraction of sp³-hybridized carbons (Fsp3) is 0.0588. The number of nitrogens with one attached hydrogen (secondary N) is 1. The van der Waals surface area contributed by atoms with Crippen molar-refractivity contribution in [3.63, 3.8) is 0 Å². The number of hydrogen-bond donors (Lipinski definition) is 1. The molecular formula is C17H13ClIN3OS. The first-order chi connectivity index (χ1) is 11.5. The molecule has 122 valence electrons. The molecule has 1 N–H and O–H groups in total. The third-order valence-corrected chi connectivity index (χ3v) is 5.61. The zero-order chi connectivity index (χ0) is 17.1. The molecule has 3 aromatic rings. The van der Waals surface area contributed by atoms with Crippen LogP contribution in [0.25, 0.3) is 0 Å². The second kappa shape index (κ2) is 7.58. The Balaban J connectivity index is 1.90. The molecule has 0 saturated carbocycles. The van der Waals surface area contributed by atoms with Crippen molar-refractivity contribution in [3.05, 3.63) is 69.0 Å². The van der Waals surface area contributed by atoms with E-state index in [1.165, 1.54) is 11.8 Å². The van der Waals surface area contributed by atoms with Crippen LogP contribution in [-0.2, 0) is 7.05 Å². The topological polar surface area (TPSA) is 46.9 Å². The average molecular weight is 470 g/mol. The summed E-state index contributed by atoms with van der Waals surface area (Å²) in [6.07, 6.45) is 3.62. The number of carbonyl (C=O) groups is 1. The Morgan fingerprint density at radius 1 is 1.29 bits per heavy atom. The maximum Gasteiger partial charge on any atom is 0.256 e. The number of hydrogen-bond acceptors (Lipinski definition) is 3. The van der Waals surface area contributed by atoms with E-state index in [2.05, 4.69) is 32.9 Å². The Labute approximate surface area is 162 Å². The van der Waals surface area contributed by atoms with Gasteiger partial charge in [0.25, 0.3) is 5.91 Å². The Kier molecular flexibility index (Phi) is 5.47. The molecule has 7 heteroatoms. The Hall–Kier alpha value is -1.51. The number of amides is 1. The lowest BCUT2D eigenvalue weighted by molar-refractivity contribution is 0.102. The van der Waals surface area contributed by atoms with Gasteiger partial charge in [0, 0.05) is 32.9 Å². The molecule has 3 rings (SSSR count). The minimum atomic E-state index is -0.163. The van der Waals surface area contributed by atoms with Crippen molar-refractivity contribution in [2.24, 2.45) is 7.05 Å². The summed E-state index contributed by atoms with van der Waals surface area (Å²) in [5.41, 5.74) is 1.30. The van der Waals surface area contributed by atoms with Crippen molar-refractivity contribution < 1.29 is 4.79 Å². The number of anilines is 1. The number of halogens is 2. The fourth-order valence-corrected chi connectivity index (χ4v) is 3.75. The smallest absolute Gasteiger partial charge is 0.256 e. The summed E-state index contributed by atoms with van der Waals surface area (Å²) in [4.78, 5) is 17.8. The zero-order valence-electron chi connectivity index (χ0n) is 12.7. The molecule has 1 aromatic heterocycles. The van der Waals surface area contributed by atoms with Gasteiger partial charge in [-0.05, 0) is 64.7 Å². The van der Waals surface area contributed by atoms with Gasteiger partial charge in [0.2, 0.25) is 0 Å². The summed E-state index contributed by atoms with van der Waals surface area (Å²) in [5, 5.41) is 4.36. The van der Waals surface area contributed by atoms with Gasteiger partial charge in [0.15, 0.2) is 5.16 Å². The van der Waals surface area contributed by atoms with Crippen molar-refractivity contribution in [3.8, 4) is 0 Å². The summed E-state index contributed by atoms with van der Waals surface area (Å²) in [6, 6.07) is 12.9. The first-order valence-corrected chi connectivity index (χ1v) is 9.32. The van der Waals surface area contributed by atoms with Crippen molar-refractivity contribution in [1.82, 2.24) is 9.55 Å². The summed E-state index contributed by atoms with van der Waals surface area (Å²) < 4.78 is 2.82. The number of nitrogens with zero attached hydrogens (tertiary/aromatic N) is 2. The number of rotatable bonds is 4. The van der Waals surface area contributed by atoms with Gasteiger partial charge in [0.1, 0.15) is 0 Å². The first-order valence-electron chi connectivity index (χ1n) is 7.05. The number of imidazole rings is 1. The van der Waals surface area contributed by atoms with Crippen molar-refractivity contribution >= 4 is 57.5 Å². The van der Waals surface area contributed by atoms with E-state index in [1.807, 2.05) is 42.1 Å². The molecule has 0 bridgehead atoms. The molecule has 0 spiro atoms. The highest BCUT2D eigenvalue weighted by atomic mass is 127. The second-order valence-corrected chi connectivity index (χ2v) is 7.60. The molecule has 0 fully saturated rings. The standard InChI is InChI=1S/C17H13ClIN3OS/c1-22-9-8-20-17(22)24-15-7-6-11(18)10-14(15)21-16(23)12-4-2-3-5-13(12)19/h2-10H,1H3,(H,21,23). The van der Waals surface area contributed by atoms with Gasteiger partial charge in [-0.15, -0.1) is 0 Å². The fourth-order valence-electron chi connectivity index (χ4n) is 2.07. The van der Waals surface area contributed by atoms with E-state index in [0.29, 0.717) is 16.3 Å². The summed E-state index contributed by atoms with van der Waals surface area (Å²) in [5.74, 6) is -0.163. The third-order valence-electron chi connectivity index (χ3n) is 3.29. The second-order valence-electron chi connectivity index (χ2n) is 5.00. The van der Waals surface area contributed by atoms with E-state index in [0.717, 1.165) is 13.6 Å². The summed E-state index contributed by atoms with van der Waals surface area (Å²) >= 11 is 9.73. The van der Waals surface area contributed by atoms with Gasteiger partial charge < -0.3 is 9.88 Å². The lowest BCUT2D eigenvalue weighted by Crippen LogP contribution is -2.14. The predicted molar refractivity (Wildman–Crippen MR) is 106 cm³/mol. The maximum absolute atomic E-state index is 12.6. The summed E-state index contributed by atoms with van der Waals surface area (Å²) in [6.45, 7) is 0. The quantitative estimate of drug-likeness (QED) is 0.542. The normalized spacial score (nSPS) is 10.6. The van der Waals surface area contributed by atoms with Gasteiger partial charge in [0.05, 0.1) is 11.3 Å². The molecule has 1 amide bonds. The highest BCUT2D eigenvalue weighted by Crippen LogP contribution is 2.34. The molecule has 0 aliphatic rings.